The Balaban J connectivity index is 2.09. The van der Waals surface area contributed by atoms with Gasteiger partial charge in [-0.1, -0.05) is 12.1 Å². The van der Waals surface area contributed by atoms with Crippen molar-refractivity contribution in [1.82, 2.24) is 9.97 Å². The van der Waals surface area contributed by atoms with Crippen LogP contribution in [0.15, 0.2) is 47.8 Å². The van der Waals surface area contributed by atoms with Gasteiger partial charge in [0.15, 0.2) is 0 Å². The van der Waals surface area contributed by atoms with E-state index >= 15 is 0 Å². The predicted molar refractivity (Wildman–Crippen MR) is 84.3 cm³/mol. The summed E-state index contributed by atoms with van der Waals surface area (Å²) < 4.78 is 6.03. The SMILES string of the molecule is C[Si](C)(C)Oc1ccccc1N=CCc1cnccn1. The molecule has 5 heteroatoms. The van der Waals surface area contributed by atoms with E-state index in [1.54, 1.807) is 18.6 Å². The van der Waals surface area contributed by atoms with E-state index in [9.17, 15) is 0 Å². The highest BCUT2D eigenvalue weighted by molar-refractivity contribution is 6.70. The number of nitrogens with zero attached hydrogens (tertiary/aromatic N) is 3. The average molecular weight is 285 g/mol. The molecule has 0 aliphatic carbocycles. The van der Waals surface area contributed by atoms with E-state index < -0.39 is 8.32 Å². The molecule has 0 aliphatic heterocycles. The van der Waals surface area contributed by atoms with Crippen LogP contribution in [0.4, 0.5) is 5.69 Å². The number of aliphatic imine (C=N–C) groups is 1. The molecule has 0 amide bonds. The fourth-order valence-corrected chi connectivity index (χ4v) is 2.49. The molecule has 20 heavy (non-hydrogen) atoms. The molecule has 0 N–H and O–H groups in total. The molecule has 2 aromatic rings. The van der Waals surface area contributed by atoms with Gasteiger partial charge in [0.2, 0.25) is 8.32 Å². The molecular formula is C15H19N3OSi. The van der Waals surface area contributed by atoms with Crippen LogP contribution >= 0.6 is 0 Å². The molecule has 0 saturated heterocycles. The summed E-state index contributed by atoms with van der Waals surface area (Å²) in [5.74, 6) is 0.849. The standard InChI is InChI=1S/C15H19N3OSi/c1-20(2,3)19-15-7-5-4-6-14(15)18-9-8-13-12-16-10-11-17-13/h4-7,9-12H,8H2,1-3H3. The molecule has 0 fully saturated rings. The second-order valence-electron chi connectivity index (χ2n) is 5.39. The highest BCUT2D eigenvalue weighted by atomic mass is 28.4. The number of benzene rings is 1. The predicted octanol–water partition coefficient (Wildman–Crippen LogP) is 3.64. The summed E-state index contributed by atoms with van der Waals surface area (Å²) in [7, 11) is -1.63. The monoisotopic (exact) mass is 285 g/mol. The van der Waals surface area contributed by atoms with Gasteiger partial charge in [0, 0.05) is 31.2 Å². The lowest BCUT2D eigenvalue weighted by molar-refractivity contribution is 0.559. The zero-order chi connectivity index (χ0) is 14.4. The van der Waals surface area contributed by atoms with Crippen LogP contribution in [-0.4, -0.2) is 24.5 Å². The quantitative estimate of drug-likeness (QED) is 0.622. The van der Waals surface area contributed by atoms with Gasteiger partial charge in [-0.3, -0.25) is 15.0 Å². The van der Waals surface area contributed by atoms with E-state index in [0.717, 1.165) is 17.1 Å². The fourth-order valence-electron chi connectivity index (χ4n) is 1.65. The van der Waals surface area contributed by atoms with E-state index in [2.05, 4.69) is 34.6 Å². The summed E-state index contributed by atoms with van der Waals surface area (Å²) in [6, 6.07) is 7.86. The molecule has 1 heterocycles. The third-order valence-electron chi connectivity index (χ3n) is 2.43. The molecular weight excluding hydrogens is 266 g/mol. The topological polar surface area (TPSA) is 47.4 Å². The number of rotatable bonds is 5. The lowest BCUT2D eigenvalue weighted by Crippen LogP contribution is -2.29. The maximum Gasteiger partial charge on any atom is 0.242 e. The maximum atomic E-state index is 6.03. The van der Waals surface area contributed by atoms with Crippen molar-refractivity contribution in [1.29, 1.82) is 0 Å². The van der Waals surface area contributed by atoms with E-state index in [-0.39, 0.29) is 0 Å². The van der Waals surface area contributed by atoms with Gasteiger partial charge in [0.05, 0.1) is 5.69 Å². The first-order valence-corrected chi connectivity index (χ1v) is 10.0. The molecule has 0 radical (unpaired) electrons. The Kier molecular flexibility index (Phi) is 4.63. The van der Waals surface area contributed by atoms with Crippen molar-refractivity contribution in [3.63, 3.8) is 0 Å². The highest BCUT2D eigenvalue weighted by Crippen LogP contribution is 2.28. The van der Waals surface area contributed by atoms with Gasteiger partial charge < -0.3 is 4.43 Å². The van der Waals surface area contributed by atoms with Crippen LogP contribution in [0.5, 0.6) is 5.75 Å². The minimum absolute atomic E-state index is 0.662. The molecule has 0 aliphatic rings. The molecule has 0 unspecified atom stereocenters. The summed E-state index contributed by atoms with van der Waals surface area (Å²) in [5.41, 5.74) is 1.76. The molecule has 104 valence electrons. The van der Waals surface area contributed by atoms with Crippen molar-refractivity contribution in [2.75, 3.05) is 0 Å². The van der Waals surface area contributed by atoms with Crippen molar-refractivity contribution in [2.24, 2.45) is 4.99 Å². The Hall–Kier alpha value is -2.01. The first-order chi connectivity index (χ1) is 9.54. The molecule has 0 saturated carbocycles. The number of para-hydroxylation sites is 2. The van der Waals surface area contributed by atoms with Crippen LogP contribution in [0, 0.1) is 0 Å². The Labute approximate surface area is 120 Å². The Bertz CT molecular complexity index is 579. The van der Waals surface area contributed by atoms with Gasteiger partial charge in [-0.2, -0.15) is 0 Å². The van der Waals surface area contributed by atoms with E-state index in [4.69, 9.17) is 4.43 Å². The van der Waals surface area contributed by atoms with Crippen LogP contribution in [-0.2, 0) is 6.42 Å². The van der Waals surface area contributed by atoms with Crippen LogP contribution < -0.4 is 4.43 Å². The molecule has 1 aromatic heterocycles. The van der Waals surface area contributed by atoms with Crippen molar-refractivity contribution in [2.45, 2.75) is 26.1 Å². The Morgan fingerprint density at radius 1 is 1.20 bits per heavy atom. The number of hydrogen-bond donors (Lipinski definition) is 0. The highest BCUT2D eigenvalue weighted by Gasteiger charge is 2.17. The molecule has 0 atom stereocenters. The third kappa shape index (κ3) is 4.58. The number of hydrogen-bond acceptors (Lipinski definition) is 4. The normalized spacial score (nSPS) is 11.8. The largest absolute Gasteiger partial charge is 0.543 e. The van der Waals surface area contributed by atoms with E-state index in [0.29, 0.717) is 6.42 Å². The third-order valence-corrected chi connectivity index (χ3v) is 3.26. The maximum absolute atomic E-state index is 6.03. The van der Waals surface area contributed by atoms with Gasteiger partial charge >= 0.3 is 0 Å². The second kappa shape index (κ2) is 6.43. The zero-order valence-corrected chi connectivity index (χ0v) is 13.1. The van der Waals surface area contributed by atoms with Crippen molar-refractivity contribution < 1.29 is 4.43 Å². The van der Waals surface area contributed by atoms with Gasteiger partial charge in [-0.15, -0.1) is 0 Å². The molecule has 0 bridgehead atoms. The lowest BCUT2D eigenvalue weighted by atomic mass is 10.3. The van der Waals surface area contributed by atoms with Gasteiger partial charge in [-0.05, 0) is 31.8 Å². The smallest absolute Gasteiger partial charge is 0.242 e. The van der Waals surface area contributed by atoms with Gasteiger partial charge in [-0.25, -0.2) is 0 Å². The van der Waals surface area contributed by atoms with E-state index in [1.165, 1.54) is 0 Å². The Morgan fingerprint density at radius 2 is 2.00 bits per heavy atom. The minimum Gasteiger partial charge on any atom is -0.543 e. The van der Waals surface area contributed by atoms with Crippen LogP contribution in [0.25, 0.3) is 0 Å². The fraction of sp³-hybridized carbons (Fsp3) is 0.267. The number of aromatic nitrogens is 2. The summed E-state index contributed by atoms with van der Waals surface area (Å²) in [5, 5.41) is 0. The van der Waals surface area contributed by atoms with Crippen LogP contribution in [0.3, 0.4) is 0 Å². The van der Waals surface area contributed by atoms with Crippen LogP contribution in [0.1, 0.15) is 5.69 Å². The second-order valence-corrected chi connectivity index (χ2v) is 9.82. The van der Waals surface area contributed by atoms with E-state index in [1.807, 2.05) is 30.5 Å². The molecule has 1 aromatic carbocycles. The zero-order valence-electron chi connectivity index (χ0n) is 12.1. The van der Waals surface area contributed by atoms with Gasteiger partial charge in [0.1, 0.15) is 11.4 Å². The Morgan fingerprint density at radius 3 is 2.70 bits per heavy atom. The van der Waals surface area contributed by atoms with Gasteiger partial charge in [0.25, 0.3) is 0 Å². The molecule has 4 nitrogen and oxygen atoms in total. The van der Waals surface area contributed by atoms with Crippen molar-refractivity contribution >= 4 is 20.2 Å². The minimum atomic E-state index is -1.63. The summed E-state index contributed by atoms with van der Waals surface area (Å²) in [6.07, 6.45) is 7.60. The van der Waals surface area contributed by atoms with Crippen LogP contribution in [0.2, 0.25) is 19.6 Å². The summed E-state index contributed by atoms with van der Waals surface area (Å²) >= 11 is 0. The lowest BCUT2D eigenvalue weighted by Gasteiger charge is -2.20. The molecule has 2 rings (SSSR count). The average Bonchev–Trinajstić information content (AvgIpc) is 2.40. The van der Waals surface area contributed by atoms with Crippen molar-refractivity contribution in [3.8, 4) is 5.75 Å². The summed E-state index contributed by atoms with van der Waals surface area (Å²) in [4.78, 5) is 12.7. The molecule has 0 spiro atoms. The summed E-state index contributed by atoms with van der Waals surface area (Å²) in [6.45, 7) is 6.48. The first-order valence-electron chi connectivity index (χ1n) is 6.60. The van der Waals surface area contributed by atoms with Crippen molar-refractivity contribution in [3.05, 3.63) is 48.5 Å². The first kappa shape index (κ1) is 14.4.